The Morgan fingerprint density at radius 3 is 2.33 bits per heavy atom. The van der Waals surface area contributed by atoms with Crippen LogP contribution in [0.3, 0.4) is 0 Å². The topological polar surface area (TPSA) is 72.9 Å². The summed E-state index contributed by atoms with van der Waals surface area (Å²) in [4.78, 5) is 2.13. The summed E-state index contributed by atoms with van der Waals surface area (Å²) in [6.07, 6.45) is 0.934. The van der Waals surface area contributed by atoms with Crippen molar-refractivity contribution in [2.24, 2.45) is 7.05 Å². The van der Waals surface area contributed by atoms with Crippen molar-refractivity contribution in [2.45, 2.75) is 26.1 Å². The SMILES string of the molecule is Cc1ccccc1OC[C@@H](O)CN(Cc1ccco1)Cc1c(-c2ccccc2)nn(C)c1Oc1ccccc1. The smallest absolute Gasteiger partial charge is 0.222 e. The second-order valence-electron chi connectivity index (χ2n) is 9.52. The van der Waals surface area contributed by atoms with Gasteiger partial charge in [-0.2, -0.15) is 5.10 Å². The Morgan fingerprint density at radius 1 is 0.897 bits per heavy atom. The summed E-state index contributed by atoms with van der Waals surface area (Å²) >= 11 is 0. The van der Waals surface area contributed by atoms with Gasteiger partial charge in [0.05, 0.1) is 18.4 Å². The van der Waals surface area contributed by atoms with Crippen molar-refractivity contribution in [3.63, 3.8) is 0 Å². The monoisotopic (exact) mass is 523 g/mol. The van der Waals surface area contributed by atoms with Crippen LogP contribution in [0.2, 0.25) is 0 Å². The molecule has 0 unspecified atom stereocenters. The normalized spacial score (nSPS) is 12.0. The molecule has 0 spiro atoms. The van der Waals surface area contributed by atoms with Crippen LogP contribution >= 0.6 is 0 Å². The summed E-state index contributed by atoms with van der Waals surface area (Å²) in [5, 5.41) is 15.9. The van der Waals surface area contributed by atoms with E-state index in [2.05, 4.69) is 4.90 Å². The van der Waals surface area contributed by atoms with Crippen molar-refractivity contribution in [1.82, 2.24) is 14.7 Å². The molecule has 0 bridgehead atoms. The van der Waals surface area contributed by atoms with Crippen LogP contribution in [-0.4, -0.2) is 39.0 Å². The summed E-state index contributed by atoms with van der Waals surface area (Å²) in [6, 6.07) is 31.4. The number of furan rings is 1. The largest absolute Gasteiger partial charge is 0.491 e. The van der Waals surface area contributed by atoms with Crippen molar-refractivity contribution in [1.29, 1.82) is 0 Å². The molecule has 0 saturated heterocycles. The van der Waals surface area contributed by atoms with E-state index in [9.17, 15) is 5.11 Å². The molecular weight excluding hydrogens is 490 g/mol. The van der Waals surface area contributed by atoms with E-state index >= 15 is 0 Å². The maximum absolute atomic E-state index is 11.0. The second kappa shape index (κ2) is 12.5. The lowest BCUT2D eigenvalue weighted by atomic mass is 10.1. The third-order valence-electron chi connectivity index (χ3n) is 6.43. The van der Waals surface area contributed by atoms with E-state index in [0.717, 1.165) is 39.6 Å². The molecule has 1 N–H and O–H groups in total. The Morgan fingerprint density at radius 2 is 1.62 bits per heavy atom. The molecule has 2 heterocycles. The van der Waals surface area contributed by atoms with Gasteiger partial charge >= 0.3 is 0 Å². The number of rotatable bonds is 12. The summed E-state index contributed by atoms with van der Waals surface area (Å²) in [5.41, 5.74) is 3.78. The van der Waals surface area contributed by atoms with Gasteiger partial charge in [0.2, 0.25) is 5.88 Å². The number of aryl methyl sites for hydroxylation is 2. The number of hydrogen-bond acceptors (Lipinski definition) is 6. The summed E-state index contributed by atoms with van der Waals surface area (Å²) in [6.45, 7) is 3.50. The van der Waals surface area contributed by atoms with Crippen molar-refractivity contribution in [3.8, 4) is 28.6 Å². The minimum atomic E-state index is -0.727. The fourth-order valence-corrected chi connectivity index (χ4v) is 4.54. The minimum Gasteiger partial charge on any atom is -0.491 e. The van der Waals surface area contributed by atoms with Gasteiger partial charge in [0.25, 0.3) is 0 Å². The number of nitrogens with zero attached hydrogens (tertiary/aromatic N) is 3. The Labute approximate surface area is 228 Å². The number of para-hydroxylation sites is 2. The Hall–Kier alpha value is -4.33. The molecule has 1 atom stereocenters. The molecule has 0 aliphatic heterocycles. The van der Waals surface area contributed by atoms with E-state index in [1.165, 1.54) is 0 Å². The molecule has 7 heteroatoms. The van der Waals surface area contributed by atoms with Crippen molar-refractivity contribution in [3.05, 3.63) is 120 Å². The molecule has 5 aromatic rings. The molecule has 0 aliphatic carbocycles. The Bertz CT molecular complexity index is 1450. The van der Waals surface area contributed by atoms with Gasteiger partial charge in [-0.25, -0.2) is 4.68 Å². The predicted molar refractivity (Wildman–Crippen MR) is 151 cm³/mol. The van der Waals surface area contributed by atoms with Crippen LogP contribution in [0.5, 0.6) is 17.4 Å². The molecule has 7 nitrogen and oxygen atoms in total. The van der Waals surface area contributed by atoms with Crippen LogP contribution in [-0.2, 0) is 20.1 Å². The number of aliphatic hydroxyl groups is 1. The maximum atomic E-state index is 11.0. The summed E-state index contributed by atoms with van der Waals surface area (Å²) in [5.74, 6) is 2.95. The predicted octanol–water partition coefficient (Wildman–Crippen LogP) is 6.22. The highest BCUT2D eigenvalue weighted by Gasteiger charge is 2.24. The average molecular weight is 524 g/mol. The molecule has 39 heavy (non-hydrogen) atoms. The molecular formula is C32H33N3O4. The van der Waals surface area contributed by atoms with Gasteiger partial charge in [-0.3, -0.25) is 4.90 Å². The third kappa shape index (κ3) is 6.76. The first-order valence-electron chi connectivity index (χ1n) is 13.0. The first-order chi connectivity index (χ1) is 19.1. The first-order valence-corrected chi connectivity index (χ1v) is 13.0. The van der Waals surface area contributed by atoms with Gasteiger partial charge in [0.1, 0.15) is 35.7 Å². The molecule has 5 rings (SSSR count). The van der Waals surface area contributed by atoms with E-state index in [1.807, 2.05) is 111 Å². The van der Waals surface area contributed by atoms with Crippen LogP contribution in [0.1, 0.15) is 16.9 Å². The standard InChI is InChI=1S/C32H33N3O4/c1-24-12-9-10-18-30(24)38-23-26(36)20-35(21-28-17-11-19-37-28)22-29-31(25-13-5-3-6-14-25)33-34(2)32(29)39-27-15-7-4-8-16-27/h3-19,26,36H,20-23H2,1-2H3/t26-/m0/s1. The third-order valence-corrected chi connectivity index (χ3v) is 6.43. The zero-order valence-corrected chi connectivity index (χ0v) is 22.2. The van der Waals surface area contributed by atoms with Gasteiger partial charge in [-0.1, -0.05) is 66.7 Å². The molecule has 0 fully saturated rings. The molecule has 3 aromatic carbocycles. The van der Waals surface area contributed by atoms with Gasteiger partial charge < -0.3 is 19.0 Å². The van der Waals surface area contributed by atoms with Crippen molar-refractivity contribution in [2.75, 3.05) is 13.2 Å². The van der Waals surface area contributed by atoms with E-state index < -0.39 is 6.10 Å². The quantitative estimate of drug-likeness (QED) is 0.209. The number of aliphatic hydroxyl groups excluding tert-OH is 1. The van der Waals surface area contributed by atoms with Crippen LogP contribution in [0.25, 0.3) is 11.3 Å². The van der Waals surface area contributed by atoms with Gasteiger partial charge in [0.15, 0.2) is 0 Å². The number of benzene rings is 3. The molecule has 0 amide bonds. The fraction of sp³-hybridized carbons (Fsp3) is 0.219. The highest BCUT2D eigenvalue weighted by atomic mass is 16.5. The van der Waals surface area contributed by atoms with Gasteiger partial charge in [0, 0.05) is 25.7 Å². The van der Waals surface area contributed by atoms with E-state index in [1.54, 1.807) is 10.9 Å². The summed E-state index contributed by atoms with van der Waals surface area (Å²) in [7, 11) is 1.88. The molecule has 0 aliphatic rings. The van der Waals surface area contributed by atoms with E-state index in [-0.39, 0.29) is 6.61 Å². The van der Waals surface area contributed by atoms with Crippen LogP contribution in [0.15, 0.2) is 108 Å². The number of ether oxygens (including phenoxy) is 2. The van der Waals surface area contributed by atoms with E-state index in [4.69, 9.17) is 19.0 Å². The Balaban J connectivity index is 1.43. The highest BCUT2D eigenvalue weighted by molar-refractivity contribution is 5.65. The van der Waals surface area contributed by atoms with Crippen LogP contribution in [0, 0.1) is 6.92 Å². The highest BCUT2D eigenvalue weighted by Crippen LogP contribution is 2.34. The zero-order valence-electron chi connectivity index (χ0n) is 22.2. The maximum Gasteiger partial charge on any atom is 0.222 e. The van der Waals surface area contributed by atoms with E-state index in [0.29, 0.717) is 25.5 Å². The van der Waals surface area contributed by atoms with Gasteiger partial charge in [-0.05, 0) is 42.8 Å². The molecule has 200 valence electrons. The fourth-order valence-electron chi connectivity index (χ4n) is 4.54. The molecule has 2 aromatic heterocycles. The lowest BCUT2D eigenvalue weighted by Crippen LogP contribution is -2.35. The lowest BCUT2D eigenvalue weighted by Gasteiger charge is -2.25. The van der Waals surface area contributed by atoms with Crippen LogP contribution < -0.4 is 9.47 Å². The average Bonchev–Trinajstić information content (AvgIpc) is 3.57. The second-order valence-corrected chi connectivity index (χ2v) is 9.52. The summed E-state index contributed by atoms with van der Waals surface area (Å²) < 4.78 is 19.7. The minimum absolute atomic E-state index is 0.172. The number of hydrogen-bond donors (Lipinski definition) is 1. The van der Waals surface area contributed by atoms with Crippen LogP contribution in [0.4, 0.5) is 0 Å². The molecule has 0 saturated carbocycles. The molecule has 0 radical (unpaired) electrons. The lowest BCUT2D eigenvalue weighted by molar-refractivity contribution is 0.0600. The first kappa shape index (κ1) is 26.3. The van der Waals surface area contributed by atoms with Gasteiger partial charge in [-0.15, -0.1) is 0 Å². The Kier molecular flexibility index (Phi) is 8.41. The van der Waals surface area contributed by atoms with Crippen molar-refractivity contribution < 1.29 is 19.0 Å². The zero-order chi connectivity index (χ0) is 27.0. The van der Waals surface area contributed by atoms with Crippen molar-refractivity contribution >= 4 is 0 Å². The number of aromatic nitrogens is 2.